The van der Waals surface area contributed by atoms with Crippen molar-refractivity contribution in [1.82, 2.24) is 4.72 Å². The molecule has 0 radical (unpaired) electrons. The van der Waals surface area contributed by atoms with E-state index in [0.717, 1.165) is 12.3 Å². The van der Waals surface area contributed by atoms with Gasteiger partial charge in [-0.15, -0.1) is 0 Å². The Balaban J connectivity index is 2.87. The first-order valence-electron chi connectivity index (χ1n) is 6.52. The highest BCUT2D eigenvalue weighted by Gasteiger charge is 2.14. The van der Waals surface area contributed by atoms with Gasteiger partial charge in [-0.05, 0) is 36.1 Å². The average molecular weight is 317 g/mol. The van der Waals surface area contributed by atoms with Gasteiger partial charge in [-0.3, -0.25) is 0 Å². The Kier molecular flexibility index (Phi) is 6.64. The van der Waals surface area contributed by atoms with Crippen LogP contribution in [0.1, 0.15) is 13.8 Å². The number of sulfonamides is 1. The molecule has 1 rings (SSSR count). The molecule has 5 nitrogen and oxygen atoms in total. The summed E-state index contributed by atoms with van der Waals surface area (Å²) in [5.41, 5.74) is 7.10. The molecule has 0 spiro atoms. The number of thioether (sulfide) groups is 1. The summed E-state index contributed by atoms with van der Waals surface area (Å²) in [6, 6.07) is 4.72. The summed E-state index contributed by atoms with van der Waals surface area (Å²) in [6.45, 7) is 5.01. The Bertz CT molecular complexity index is 532. The van der Waals surface area contributed by atoms with Crippen molar-refractivity contribution in [2.75, 3.05) is 36.1 Å². The van der Waals surface area contributed by atoms with Gasteiger partial charge in [0.15, 0.2) is 0 Å². The minimum atomic E-state index is -3.45. The lowest BCUT2D eigenvalue weighted by Crippen LogP contribution is -2.23. The molecule has 0 aliphatic rings. The molecule has 0 saturated carbocycles. The molecule has 114 valence electrons. The fraction of sp³-hybridized carbons (Fsp3) is 0.538. The van der Waals surface area contributed by atoms with Crippen LogP contribution in [0.25, 0.3) is 0 Å². The van der Waals surface area contributed by atoms with E-state index in [1.54, 1.807) is 30.8 Å². The van der Waals surface area contributed by atoms with Crippen LogP contribution in [0.4, 0.5) is 11.4 Å². The maximum Gasteiger partial charge on any atom is 0.240 e. The van der Waals surface area contributed by atoms with Crippen molar-refractivity contribution in [3.05, 3.63) is 18.2 Å². The van der Waals surface area contributed by atoms with Crippen LogP contribution >= 0.6 is 11.8 Å². The summed E-state index contributed by atoms with van der Waals surface area (Å²) in [5, 5.41) is 3.22. The lowest BCUT2D eigenvalue weighted by molar-refractivity contribution is 0.584. The number of benzene rings is 1. The molecule has 0 bridgehead atoms. The number of nitrogens with one attached hydrogen (secondary N) is 2. The molecule has 0 heterocycles. The van der Waals surface area contributed by atoms with Crippen molar-refractivity contribution in [2.24, 2.45) is 5.92 Å². The van der Waals surface area contributed by atoms with E-state index in [1.165, 1.54) is 6.07 Å². The van der Waals surface area contributed by atoms with Gasteiger partial charge in [-0.1, -0.05) is 13.8 Å². The number of anilines is 2. The minimum absolute atomic E-state index is 0.230. The van der Waals surface area contributed by atoms with Crippen LogP contribution in [0, 0.1) is 5.92 Å². The third-order valence-electron chi connectivity index (χ3n) is 2.76. The normalized spacial score (nSPS) is 13.2. The van der Waals surface area contributed by atoms with Gasteiger partial charge in [-0.2, -0.15) is 11.8 Å². The van der Waals surface area contributed by atoms with Gasteiger partial charge >= 0.3 is 0 Å². The van der Waals surface area contributed by atoms with Crippen LogP contribution in [-0.2, 0) is 10.0 Å². The van der Waals surface area contributed by atoms with E-state index in [4.69, 9.17) is 5.73 Å². The van der Waals surface area contributed by atoms with Crippen molar-refractivity contribution in [2.45, 2.75) is 18.7 Å². The van der Waals surface area contributed by atoms with Gasteiger partial charge in [-0.25, -0.2) is 13.1 Å². The first-order chi connectivity index (χ1) is 9.40. The molecule has 0 aromatic heterocycles. The molecule has 0 saturated heterocycles. The molecular formula is C13H23N3O2S2. The van der Waals surface area contributed by atoms with Gasteiger partial charge in [0.2, 0.25) is 10.0 Å². The summed E-state index contributed by atoms with van der Waals surface area (Å²) >= 11 is 1.79. The number of hydrogen-bond donors (Lipinski definition) is 3. The van der Waals surface area contributed by atoms with E-state index in [1.807, 2.05) is 0 Å². The molecule has 0 amide bonds. The second-order valence-electron chi connectivity index (χ2n) is 4.69. The maximum atomic E-state index is 12.0. The predicted molar refractivity (Wildman–Crippen MR) is 87.8 cm³/mol. The number of nitrogen functional groups attached to an aromatic ring is 1. The van der Waals surface area contributed by atoms with E-state index in [9.17, 15) is 8.42 Å². The smallest absolute Gasteiger partial charge is 0.240 e. The Labute approximate surface area is 125 Å². The average Bonchev–Trinajstić information content (AvgIpc) is 2.37. The zero-order valence-electron chi connectivity index (χ0n) is 12.1. The standard InChI is InChI=1S/C13H23N3O2S2/c1-4-16-20(17,18)11-5-6-12(14)13(7-11)15-8-10(2)9-19-3/h5-7,10,15-16H,4,8-9,14H2,1-3H3. The van der Waals surface area contributed by atoms with Crippen LogP contribution in [0.3, 0.4) is 0 Å². The Morgan fingerprint density at radius 2 is 2.10 bits per heavy atom. The topological polar surface area (TPSA) is 84.2 Å². The fourth-order valence-electron chi connectivity index (χ4n) is 1.76. The van der Waals surface area contributed by atoms with Crippen LogP contribution in [0.5, 0.6) is 0 Å². The zero-order valence-corrected chi connectivity index (χ0v) is 13.8. The van der Waals surface area contributed by atoms with Crippen molar-refractivity contribution in [3.8, 4) is 0 Å². The number of nitrogens with two attached hydrogens (primary N) is 1. The van der Waals surface area contributed by atoms with E-state index in [2.05, 4.69) is 23.2 Å². The van der Waals surface area contributed by atoms with E-state index in [-0.39, 0.29) is 4.90 Å². The van der Waals surface area contributed by atoms with Crippen LogP contribution < -0.4 is 15.8 Å². The lowest BCUT2D eigenvalue weighted by atomic mass is 10.2. The zero-order chi connectivity index (χ0) is 15.2. The fourth-order valence-corrected chi connectivity index (χ4v) is 3.51. The number of hydrogen-bond acceptors (Lipinski definition) is 5. The van der Waals surface area contributed by atoms with Crippen LogP contribution in [0.2, 0.25) is 0 Å². The molecule has 0 fully saturated rings. The Hall–Kier alpha value is -0.920. The van der Waals surface area contributed by atoms with Crippen molar-refractivity contribution in [1.29, 1.82) is 0 Å². The van der Waals surface area contributed by atoms with Gasteiger partial charge in [0.1, 0.15) is 0 Å². The third kappa shape index (κ3) is 4.88. The summed E-state index contributed by atoms with van der Waals surface area (Å²) in [4.78, 5) is 0.230. The Morgan fingerprint density at radius 3 is 2.70 bits per heavy atom. The summed E-state index contributed by atoms with van der Waals surface area (Å²) < 4.78 is 26.4. The minimum Gasteiger partial charge on any atom is -0.397 e. The van der Waals surface area contributed by atoms with E-state index in [0.29, 0.717) is 23.8 Å². The van der Waals surface area contributed by atoms with Crippen LogP contribution in [-0.4, -0.2) is 33.5 Å². The molecule has 20 heavy (non-hydrogen) atoms. The predicted octanol–water partition coefficient (Wildman–Crippen LogP) is 1.98. The summed E-state index contributed by atoms with van der Waals surface area (Å²) in [7, 11) is -3.45. The SMILES string of the molecule is CCNS(=O)(=O)c1ccc(N)c(NCC(C)CSC)c1. The second-order valence-corrected chi connectivity index (χ2v) is 7.37. The monoisotopic (exact) mass is 317 g/mol. The van der Waals surface area contributed by atoms with Crippen molar-refractivity contribution >= 4 is 33.2 Å². The third-order valence-corrected chi connectivity index (χ3v) is 5.21. The molecule has 1 aromatic rings. The highest BCUT2D eigenvalue weighted by Crippen LogP contribution is 2.23. The van der Waals surface area contributed by atoms with Crippen LogP contribution in [0.15, 0.2) is 23.1 Å². The summed E-state index contributed by atoms with van der Waals surface area (Å²) in [5.74, 6) is 1.53. The molecular weight excluding hydrogens is 294 g/mol. The Morgan fingerprint density at radius 1 is 1.40 bits per heavy atom. The second kappa shape index (κ2) is 7.75. The molecule has 1 atom stereocenters. The molecule has 1 unspecified atom stereocenters. The quantitative estimate of drug-likeness (QED) is 0.639. The highest BCUT2D eigenvalue weighted by atomic mass is 32.2. The molecule has 4 N–H and O–H groups in total. The van der Waals surface area contributed by atoms with Gasteiger partial charge in [0, 0.05) is 13.1 Å². The molecule has 0 aliphatic heterocycles. The first-order valence-corrected chi connectivity index (χ1v) is 9.40. The molecule has 1 aromatic carbocycles. The maximum absolute atomic E-state index is 12.0. The van der Waals surface area contributed by atoms with E-state index < -0.39 is 10.0 Å². The van der Waals surface area contributed by atoms with Gasteiger partial charge in [0.05, 0.1) is 16.3 Å². The highest BCUT2D eigenvalue weighted by molar-refractivity contribution is 7.98. The summed E-state index contributed by atoms with van der Waals surface area (Å²) in [6.07, 6.45) is 2.06. The van der Waals surface area contributed by atoms with Gasteiger partial charge in [0.25, 0.3) is 0 Å². The molecule has 7 heteroatoms. The first kappa shape index (κ1) is 17.1. The van der Waals surface area contributed by atoms with Crippen molar-refractivity contribution < 1.29 is 8.42 Å². The lowest BCUT2D eigenvalue weighted by Gasteiger charge is -2.15. The number of rotatable bonds is 8. The molecule has 0 aliphatic carbocycles. The van der Waals surface area contributed by atoms with E-state index >= 15 is 0 Å². The van der Waals surface area contributed by atoms with Crippen molar-refractivity contribution in [3.63, 3.8) is 0 Å². The van der Waals surface area contributed by atoms with Gasteiger partial charge < -0.3 is 11.1 Å². The largest absolute Gasteiger partial charge is 0.397 e.